The van der Waals surface area contributed by atoms with Gasteiger partial charge >= 0.3 is 5.97 Å². The first-order chi connectivity index (χ1) is 9.31. The molecule has 1 rings (SSSR count). The Labute approximate surface area is 117 Å². The predicted molar refractivity (Wildman–Crippen MR) is 73.5 cm³/mol. The number of hydrogen-bond donors (Lipinski definition) is 3. The number of hydrogen-bond acceptors (Lipinski definition) is 5. The molecule has 20 heavy (non-hydrogen) atoms. The van der Waals surface area contributed by atoms with Crippen LogP contribution in [-0.4, -0.2) is 34.7 Å². The Hall–Kier alpha value is -1.89. The van der Waals surface area contributed by atoms with E-state index in [9.17, 15) is 9.59 Å². The molecule has 0 aliphatic rings. The Morgan fingerprint density at radius 3 is 2.45 bits per heavy atom. The van der Waals surface area contributed by atoms with Gasteiger partial charge in [-0.2, -0.15) is 0 Å². The summed E-state index contributed by atoms with van der Waals surface area (Å²) in [5, 5.41) is 18.0. The summed E-state index contributed by atoms with van der Waals surface area (Å²) in [5.41, 5.74) is 0.749. The lowest BCUT2D eigenvalue weighted by atomic mass is 10.1. The Morgan fingerprint density at radius 2 is 2.00 bits per heavy atom. The standard InChI is InChI=1S/C13H21N3O4/c1-7(2)9-5-11(20-16-9)15-10(17)6-14-12(8(3)4)13(18)19/h5,7-8,12,14H,6H2,1-4H3,(H,15,17)(H,18,19). The molecule has 1 amide bonds. The molecular formula is C13H21N3O4. The van der Waals surface area contributed by atoms with E-state index in [0.717, 1.165) is 5.69 Å². The number of carboxylic acids is 1. The molecule has 0 aliphatic heterocycles. The summed E-state index contributed by atoms with van der Waals surface area (Å²) >= 11 is 0. The van der Waals surface area contributed by atoms with E-state index >= 15 is 0 Å². The molecule has 112 valence electrons. The maximum Gasteiger partial charge on any atom is 0.320 e. The Morgan fingerprint density at radius 1 is 1.35 bits per heavy atom. The van der Waals surface area contributed by atoms with E-state index in [1.54, 1.807) is 19.9 Å². The summed E-state index contributed by atoms with van der Waals surface area (Å²) in [6.07, 6.45) is 0. The van der Waals surface area contributed by atoms with Crippen LogP contribution in [0.1, 0.15) is 39.3 Å². The van der Waals surface area contributed by atoms with Crippen molar-refractivity contribution < 1.29 is 19.2 Å². The van der Waals surface area contributed by atoms with Crippen LogP contribution >= 0.6 is 0 Å². The molecular weight excluding hydrogens is 262 g/mol. The van der Waals surface area contributed by atoms with Gasteiger partial charge in [-0.15, -0.1) is 0 Å². The quantitative estimate of drug-likeness (QED) is 0.699. The number of carbonyl (C=O) groups is 2. The van der Waals surface area contributed by atoms with Crippen molar-refractivity contribution >= 4 is 17.8 Å². The highest BCUT2D eigenvalue weighted by molar-refractivity contribution is 5.91. The highest BCUT2D eigenvalue weighted by atomic mass is 16.5. The molecule has 0 aliphatic carbocycles. The van der Waals surface area contributed by atoms with Crippen molar-refractivity contribution in [2.24, 2.45) is 5.92 Å². The van der Waals surface area contributed by atoms with Crippen molar-refractivity contribution in [3.63, 3.8) is 0 Å². The number of aliphatic carboxylic acids is 1. The number of carbonyl (C=O) groups excluding carboxylic acids is 1. The predicted octanol–water partition coefficient (Wildman–Crippen LogP) is 1.44. The third kappa shape index (κ3) is 4.65. The van der Waals surface area contributed by atoms with E-state index in [1.807, 2.05) is 13.8 Å². The molecule has 1 aromatic heterocycles. The van der Waals surface area contributed by atoms with Crippen LogP contribution in [0.15, 0.2) is 10.6 Å². The fourth-order valence-corrected chi connectivity index (χ4v) is 1.61. The highest BCUT2D eigenvalue weighted by Crippen LogP contribution is 2.17. The average Bonchev–Trinajstić information content (AvgIpc) is 2.76. The van der Waals surface area contributed by atoms with Crippen molar-refractivity contribution in [1.82, 2.24) is 10.5 Å². The third-order valence-corrected chi connectivity index (χ3v) is 2.80. The van der Waals surface area contributed by atoms with Gasteiger partial charge < -0.3 is 9.63 Å². The van der Waals surface area contributed by atoms with Gasteiger partial charge in [0.05, 0.1) is 12.2 Å². The number of carboxylic acid groups (broad SMARTS) is 1. The van der Waals surface area contributed by atoms with E-state index in [4.69, 9.17) is 9.63 Å². The number of aromatic nitrogens is 1. The van der Waals surface area contributed by atoms with Crippen LogP contribution in [0.25, 0.3) is 0 Å². The molecule has 0 fully saturated rings. The van der Waals surface area contributed by atoms with E-state index in [-0.39, 0.29) is 30.2 Å². The molecule has 1 aromatic rings. The summed E-state index contributed by atoms with van der Waals surface area (Å²) in [5.74, 6) is -0.993. The molecule has 0 radical (unpaired) electrons. The topological polar surface area (TPSA) is 104 Å². The molecule has 1 atom stereocenters. The second kappa shape index (κ2) is 7.04. The summed E-state index contributed by atoms with van der Waals surface area (Å²) in [6, 6.07) is 0.890. The first kappa shape index (κ1) is 16.2. The summed E-state index contributed by atoms with van der Waals surface area (Å²) in [7, 11) is 0. The van der Waals surface area contributed by atoms with E-state index in [0.29, 0.717) is 0 Å². The monoisotopic (exact) mass is 283 g/mol. The maximum absolute atomic E-state index is 11.7. The first-order valence-electron chi connectivity index (χ1n) is 6.54. The molecule has 0 spiro atoms. The normalized spacial score (nSPS) is 12.7. The minimum atomic E-state index is -0.977. The zero-order chi connectivity index (χ0) is 15.3. The molecule has 1 heterocycles. The number of nitrogens with zero attached hydrogens (tertiary/aromatic N) is 1. The van der Waals surface area contributed by atoms with Crippen LogP contribution in [0.5, 0.6) is 0 Å². The zero-order valence-corrected chi connectivity index (χ0v) is 12.1. The van der Waals surface area contributed by atoms with Crippen molar-refractivity contribution in [3.8, 4) is 0 Å². The maximum atomic E-state index is 11.7. The number of nitrogens with one attached hydrogen (secondary N) is 2. The van der Waals surface area contributed by atoms with Crippen molar-refractivity contribution in [3.05, 3.63) is 11.8 Å². The van der Waals surface area contributed by atoms with Crippen LogP contribution < -0.4 is 10.6 Å². The fourth-order valence-electron chi connectivity index (χ4n) is 1.61. The average molecular weight is 283 g/mol. The van der Waals surface area contributed by atoms with Gasteiger partial charge in [-0.05, 0) is 11.8 Å². The van der Waals surface area contributed by atoms with Crippen molar-refractivity contribution in [1.29, 1.82) is 0 Å². The Bertz CT molecular complexity index is 468. The zero-order valence-electron chi connectivity index (χ0n) is 12.1. The summed E-state index contributed by atoms with van der Waals surface area (Å²) < 4.78 is 4.97. The lowest BCUT2D eigenvalue weighted by Gasteiger charge is -2.17. The molecule has 0 saturated heterocycles. The molecule has 1 unspecified atom stereocenters. The molecule has 7 nitrogen and oxygen atoms in total. The van der Waals surface area contributed by atoms with Crippen LogP contribution in [0.3, 0.4) is 0 Å². The first-order valence-corrected chi connectivity index (χ1v) is 6.54. The highest BCUT2D eigenvalue weighted by Gasteiger charge is 2.21. The molecule has 0 bridgehead atoms. The van der Waals surface area contributed by atoms with Crippen LogP contribution in [-0.2, 0) is 9.59 Å². The van der Waals surface area contributed by atoms with E-state index in [2.05, 4.69) is 15.8 Å². The molecule has 3 N–H and O–H groups in total. The Balaban J connectivity index is 2.48. The van der Waals surface area contributed by atoms with E-state index in [1.165, 1.54) is 0 Å². The van der Waals surface area contributed by atoms with Gasteiger partial charge in [-0.1, -0.05) is 32.9 Å². The second-order valence-electron chi connectivity index (χ2n) is 5.26. The smallest absolute Gasteiger partial charge is 0.320 e. The van der Waals surface area contributed by atoms with Gasteiger partial charge in [-0.25, -0.2) is 0 Å². The van der Waals surface area contributed by atoms with Crippen molar-refractivity contribution in [2.45, 2.75) is 39.7 Å². The summed E-state index contributed by atoms with van der Waals surface area (Å²) in [4.78, 5) is 22.7. The van der Waals surface area contributed by atoms with E-state index < -0.39 is 12.0 Å². The lowest BCUT2D eigenvalue weighted by Crippen LogP contribution is -2.44. The SMILES string of the molecule is CC(C)c1cc(NC(=O)CNC(C(=O)O)C(C)C)on1. The fraction of sp³-hybridized carbons (Fsp3) is 0.615. The molecule has 0 aromatic carbocycles. The van der Waals surface area contributed by atoms with Gasteiger partial charge in [0.25, 0.3) is 0 Å². The van der Waals surface area contributed by atoms with Gasteiger partial charge in [0.15, 0.2) is 0 Å². The van der Waals surface area contributed by atoms with Gasteiger partial charge in [-0.3, -0.25) is 20.2 Å². The minimum Gasteiger partial charge on any atom is -0.480 e. The minimum absolute atomic E-state index is 0.104. The Kier molecular flexibility index (Phi) is 5.69. The van der Waals surface area contributed by atoms with Gasteiger partial charge in [0.2, 0.25) is 11.8 Å². The van der Waals surface area contributed by atoms with Crippen LogP contribution in [0.4, 0.5) is 5.88 Å². The second-order valence-corrected chi connectivity index (χ2v) is 5.26. The van der Waals surface area contributed by atoms with Gasteiger partial charge in [0, 0.05) is 6.07 Å². The number of amides is 1. The lowest BCUT2D eigenvalue weighted by molar-refractivity contribution is -0.140. The third-order valence-electron chi connectivity index (χ3n) is 2.80. The molecule has 0 saturated carbocycles. The largest absolute Gasteiger partial charge is 0.480 e. The van der Waals surface area contributed by atoms with Gasteiger partial charge in [0.1, 0.15) is 6.04 Å². The number of anilines is 1. The summed E-state index contributed by atoms with van der Waals surface area (Å²) in [6.45, 7) is 7.37. The van der Waals surface area contributed by atoms with Crippen LogP contribution in [0.2, 0.25) is 0 Å². The van der Waals surface area contributed by atoms with Crippen LogP contribution in [0, 0.1) is 5.92 Å². The molecule has 7 heteroatoms. The van der Waals surface area contributed by atoms with Crippen molar-refractivity contribution in [2.75, 3.05) is 11.9 Å². The number of rotatable bonds is 7.